The molecule has 0 aliphatic carbocycles. The molecule has 8 nitrogen and oxygen atoms in total. The molecule has 30 heavy (non-hydrogen) atoms. The first-order chi connectivity index (χ1) is 14.5. The van der Waals surface area contributed by atoms with Crippen LogP contribution in [0.15, 0.2) is 39.6 Å². The van der Waals surface area contributed by atoms with Crippen LogP contribution in [0.3, 0.4) is 0 Å². The Bertz CT molecular complexity index is 1140. The van der Waals surface area contributed by atoms with Crippen LogP contribution in [0.5, 0.6) is 11.5 Å². The molecule has 4 rings (SSSR count). The maximum atomic E-state index is 13.0. The molecule has 0 bridgehead atoms. The number of carbonyl (C=O) groups is 1. The second kappa shape index (κ2) is 8.88. The Morgan fingerprint density at radius 2 is 2.07 bits per heavy atom. The highest BCUT2D eigenvalue weighted by Crippen LogP contribution is 2.32. The van der Waals surface area contributed by atoms with Gasteiger partial charge in [-0.3, -0.25) is 9.59 Å². The van der Waals surface area contributed by atoms with Crippen molar-refractivity contribution in [1.29, 1.82) is 0 Å². The lowest BCUT2D eigenvalue weighted by Crippen LogP contribution is -2.35. The summed E-state index contributed by atoms with van der Waals surface area (Å²) >= 11 is 3.04. The van der Waals surface area contributed by atoms with Crippen LogP contribution in [0.4, 0.5) is 0 Å². The zero-order chi connectivity index (χ0) is 21.1. The third-order valence-electron chi connectivity index (χ3n) is 4.51. The Kier molecular flexibility index (Phi) is 6.05. The number of aromatic nitrogens is 3. The van der Waals surface area contributed by atoms with Gasteiger partial charge in [0.1, 0.15) is 10.6 Å². The standard InChI is InChI=1S/C20H20N4O4S2/c1-12-5-7-24(10-14-3-4-15-16(9-14)28-11-27-15)19(26)17(12)18(25)21-6-8-29-20-23-22-13(2)30-20/h3-5,7,9H,6,8,10-11H2,1-2H3,(H,21,25). The molecule has 156 valence electrons. The summed E-state index contributed by atoms with van der Waals surface area (Å²) in [6.07, 6.45) is 1.70. The SMILES string of the molecule is Cc1nnc(SCCNC(=O)c2c(C)ccn(Cc3ccc4c(c3)OCO4)c2=O)s1. The monoisotopic (exact) mass is 444 g/mol. The number of pyridine rings is 1. The third-order valence-corrected chi connectivity index (χ3v) is 6.48. The summed E-state index contributed by atoms with van der Waals surface area (Å²) in [5.41, 5.74) is 1.37. The molecule has 1 N–H and O–H groups in total. The molecule has 0 saturated heterocycles. The fourth-order valence-corrected chi connectivity index (χ4v) is 4.77. The number of fused-ring (bicyclic) bond motifs is 1. The van der Waals surface area contributed by atoms with E-state index in [1.54, 1.807) is 19.2 Å². The minimum absolute atomic E-state index is 0.162. The average Bonchev–Trinajstić information content (AvgIpc) is 3.36. The minimum Gasteiger partial charge on any atom is -0.454 e. The zero-order valence-corrected chi connectivity index (χ0v) is 18.1. The van der Waals surface area contributed by atoms with Crippen molar-refractivity contribution in [3.8, 4) is 11.5 Å². The lowest BCUT2D eigenvalue weighted by Gasteiger charge is -2.11. The van der Waals surface area contributed by atoms with Gasteiger partial charge in [-0.15, -0.1) is 10.2 Å². The summed E-state index contributed by atoms with van der Waals surface area (Å²) in [4.78, 5) is 25.6. The van der Waals surface area contributed by atoms with Crippen molar-refractivity contribution in [2.75, 3.05) is 19.1 Å². The van der Waals surface area contributed by atoms with E-state index in [0.29, 0.717) is 35.9 Å². The van der Waals surface area contributed by atoms with Gasteiger partial charge in [0, 0.05) is 18.5 Å². The molecule has 3 heterocycles. The van der Waals surface area contributed by atoms with E-state index < -0.39 is 0 Å². The number of benzene rings is 1. The van der Waals surface area contributed by atoms with Crippen molar-refractivity contribution in [1.82, 2.24) is 20.1 Å². The molecular formula is C20H20N4O4S2. The van der Waals surface area contributed by atoms with Gasteiger partial charge in [-0.05, 0) is 43.2 Å². The molecule has 0 fully saturated rings. The van der Waals surface area contributed by atoms with Crippen LogP contribution in [0, 0.1) is 13.8 Å². The van der Waals surface area contributed by atoms with Gasteiger partial charge in [-0.2, -0.15) is 0 Å². The molecule has 10 heteroatoms. The number of hydrogen-bond acceptors (Lipinski definition) is 8. The summed E-state index contributed by atoms with van der Waals surface area (Å²) in [6.45, 7) is 4.63. The predicted molar refractivity (Wildman–Crippen MR) is 115 cm³/mol. The van der Waals surface area contributed by atoms with Crippen molar-refractivity contribution in [2.24, 2.45) is 0 Å². The van der Waals surface area contributed by atoms with E-state index in [1.165, 1.54) is 27.7 Å². The van der Waals surface area contributed by atoms with Gasteiger partial charge in [-0.25, -0.2) is 0 Å². The molecule has 1 amide bonds. The lowest BCUT2D eigenvalue weighted by molar-refractivity contribution is 0.0953. The Balaban J connectivity index is 1.42. The molecule has 1 aliphatic heterocycles. The molecule has 2 aromatic heterocycles. The molecule has 0 atom stereocenters. The van der Waals surface area contributed by atoms with Gasteiger partial charge in [-0.1, -0.05) is 29.2 Å². The zero-order valence-electron chi connectivity index (χ0n) is 16.5. The number of amides is 1. The van der Waals surface area contributed by atoms with Crippen LogP contribution in [-0.2, 0) is 6.54 Å². The number of aryl methyl sites for hydroxylation is 2. The number of hydrogen-bond donors (Lipinski definition) is 1. The van der Waals surface area contributed by atoms with E-state index in [2.05, 4.69) is 15.5 Å². The molecule has 0 unspecified atom stereocenters. The molecule has 0 saturated carbocycles. The summed E-state index contributed by atoms with van der Waals surface area (Å²) in [5, 5.41) is 11.7. The van der Waals surface area contributed by atoms with E-state index in [-0.39, 0.29) is 23.8 Å². The largest absolute Gasteiger partial charge is 0.454 e. The lowest BCUT2D eigenvalue weighted by atomic mass is 10.1. The van der Waals surface area contributed by atoms with Crippen molar-refractivity contribution in [3.05, 3.63) is 62.5 Å². The van der Waals surface area contributed by atoms with Crippen LogP contribution < -0.4 is 20.3 Å². The summed E-state index contributed by atoms with van der Waals surface area (Å²) in [6, 6.07) is 7.33. The average molecular weight is 445 g/mol. The quantitative estimate of drug-likeness (QED) is 0.442. The number of nitrogens with one attached hydrogen (secondary N) is 1. The molecule has 1 aliphatic rings. The van der Waals surface area contributed by atoms with Crippen molar-refractivity contribution < 1.29 is 14.3 Å². The van der Waals surface area contributed by atoms with Crippen LogP contribution in [0.1, 0.15) is 26.5 Å². The van der Waals surface area contributed by atoms with E-state index in [4.69, 9.17) is 9.47 Å². The Hall–Kier alpha value is -2.85. The van der Waals surface area contributed by atoms with Gasteiger partial charge in [0.25, 0.3) is 11.5 Å². The third kappa shape index (κ3) is 4.49. The number of nitrogens with zero attached hydrogens (tertiary/aromatic N) is 3. The highest BCUT2D eigenvalue weighted by Gasteiger charge is 2.17. The fourth-order valence-electron chi connectivity index (χ4n) is 3.03. The summed E-state index contributed by atoms with van der Waals surface area (Å²) in [5.74, 6) is 1.63. The van der Waals surface area contributed by atoms with Crippen molar-refractivity contribution in [3.63, 3.8) is 0 Å². The van der Waals surface area contributed by atoms with Crippen molar-refractivity contribution >= 4 is 29.0 Å². The molecule has 0 spiro atoms. The number of rotatable bonds is 7. The number of thioether (sulfide) groups is 1. The number of ether oxygens (including phenoxy) is 2. The normalized spacial score (nSPS) is 12.2. The van der Waals surface area contributed by atoms with Gasteiger partial charge in [0.2, 0.25) is 6.79 Å². The molecule has 0 radical (unpaired) electrons. The van der Waals surface area contributed by atoms with E-state index in [9.17, 15) is 9.59 Å². The van der Waals surface area contributed by atoms with Crippen LogP contribution in [0.25, 0.3) is 0 Å². The highest BCUT2D eigenvalue weighted by atomic mass is 32.2. The van der Waals surface area contributed by atoms with Gasteiger partial charge in [0.05, 0.1) is 6.54 Å². The van der Waals surface area contributed by atoms with E-state index in [0.717, 1.165) is 14.9 Å². The van der Waals surface area contributed by atoms with Crippen molar-refractivity contribution in [2.45, 2.75) is 24.7 Å². The van der Waals surface area contributed by atoms with E-state index in [1.807, 2.05) is 25.1 Å². The highest BCUT2D eigenvalue weighted by molar-refractivity contribution is 8.01. The smallest absolute Gasteiger partial charge is 0.263 e. The maximum absolute atomic E-state index is 13.0. The van der Waals surface area contributed by atoms with Crippen LogP contribution >= 0.6 is 23.1 Å². The Morgan fingerprint density at radius 3 is 2.87 bits per heavy atom. The van der Waals surface area contributed by atoms with Crippen LogP contribution in [0.2, 0.25) is 0 Å². The molecular weight excluding hydrogens is 424 g/mol. The summed E-state index contributed by atoms with van der Waals surface area (Å²) < 4.78 is 13.1. The molecule has 1 aromatic carbocycles. The summed E-state index contributed by atoms with van der Waals surface area (Å²) in [7, 11) is 0. The van der Waals surface area contributed by atoms with Gasteiger partial charge >= 0.3 is 0 Å². The first kappa shape index (κ1) is 20.4. The minimum atomic E-state index is -0.369. The topological polar surface area (TPSA) is 95.3 Å². The Labute approximate surface area is 181 Å². The second-order valence-electron chi connectivity index (χ2n) is 6.69. The van der Waals surface area contributed by atoms with Crippen LogP contribution in [-0.4, -0.2) is 39.8 Å². The van der Waals surface area contributed by atoms with Gasteiger partial charge < -0.3 is 19.4 Å². The first-order valence-electron chi connectivity index (χ1n) is 9.31. The first-order valence-corrected chi connectivity index (χ1v) is 11.1. The van der Waals surface area contributed by atoms with Gasteiger partial charge in [0.15, 0.2) is 15.8 Å². The fraction of sp³-hybridized carbons (Fsp3) is 0.300. The van der Waals surface area contributed by atoms with E-state index >= 15 is 0 Å². The Morgan fingerprint density at radius 1 is 1.23 bits per heavy atom. The maximum Gasteiger partial charge on any atom is 0.263 e. The predicted octanol–water partition coefficient (Wildman–Crippen LogP) is 2.62. The number of carbonyl (C=O) groups excluding carboxylic acids is 1. The second-order valence-corrected chi connectivity index (χ2v) is 9.21. The molecule has 3 aromatic rings.